The van der Waals surface area contributed by atoms with E-state index in [1.165, 1.54) is 17.0 Å². The Labute approximate surface area is 234 Å². The van der Waals surface area contributed by atoms with Gasteiger partial charge in [-0.25, -0.2) is 4.39 Å². The van der Waals surface area contributed by atoms with Crippen LogP contribution in [-0.4, -0.2) is 48.0 Å². The Bertz CT molecular complexity index is 1340. The maximum absolute atomic E-state index is 13.8. The van der Waals surface area contributed by atoms with E-state index in [4.69, 9.17) is 42.4 Å². The molecule has 0 aromatic heterocycles. The van der Waals surface area contributed by atoms with Gasteiger partial charge in [0.1, 0.15) is 0 Å². The smallest absolute Gasteiger partial charge is 0.310 e. The lowest BCUT2D eigenvalue weighted by atomic mass is 9.97. The van der Waals surface area contributed by atoms with Crippen LogP contribution >= 0.6 is 23.2 Å². The van der Waals surface area contributed by atoms with E-state index in [1.54, 1.807) is 19.1 Å². The molecule has 1 fully saturated rings. The zero-order valence-electron chi connectivity index (χ0n) is 21.3. The molecule has 12 heteroatoms. The molecule has 5 rings (SSSR count). The summed E-state index contributed by atoms with van der Waals surface area (Å²) in [6.07, 6.45) is 0.980. The number of benzene rings is 2. The van der Waals surface area contributed by atoms with Gasteiger partial charge in [-0.3, -0.25) is 14.5 Å². The number of amides is 1. The van der Waals surface area contributed by atoms with E-state index >= 15 is 0 Å². The molecule has 0 saturated heterocycles. The molecule has 206 valence electrons. The highest BCUT2D eigenvalue weighted by molar-refractivity contribution is 6.35. The summed E-state index contributed by atoms with van der Waals surface area (Å²) in [6, 6.07) is 8.21. The van der Waals surface area contributed by atoms with E-state index < -0.39 is 18.1 Å². The lowest BCUT2D eigenvalue weighted by Gasteiger charge is -2.27. The Morgan fingerprint density at radius 2 is 1.85 bits per heavy atom. The van der Waals surface area contributed by atoms with Crippen LogP contribution in [0.2, 0.25) is 10.0 Å². The maximum Gasteiger partial charge on any atom is 0.310 e. The molecule has 39 heavy (non-hydrogen) atoms. The van der Waals surface area contributed by atoms with Gasteiger partial charge >= 0.3 is 5.97 Å². The first-order valence-corrected chi connectivity index (χ1v) is 13.3. The average molecular weight is 578 g/mol. The molecule has 0 spiro atoms. The van der Waals surface area contributed by atoms with Crippen LogP contribution in [0.1, 0.15) is 65.8 Å². The zero-order chi connectivity index (χ0) is 27.7. The van der Waals surface area contributed by atoms with Crippen LogP contribution in [0.4, 0.5) is 4.39 Å². The molecule has 2 aliphatic heterocycles. The molecule has 2 aromatic carbocycles. The predicted octanol–water partition coefficient (Wildman–Crippen LogP) is 5.76. The van der Waals surface area contributed by atoms with Gasteiger partial charge in [-0.2, -0.15) is 0 Å². The van der Waals surface area contributed by atoms with Crippen molar-refractivity contribution in [3.05, 3.63) is 68.4 Å². The van der Waals surface area contributed by atoms with Crippen molar-refractivity contribution in [2.75, 3.05) is 13.3 Å². The highest BCUT2D eigenvalue weighted by atomic mass is 35.5. The number of nitrogens with zero attached hydrogens (tertiary/aromatic N) is 3. The SMILES string of the molecule is CCOC1=NOC(N(COC(=O)C2CC2)C(=O)c2ccc(C3=NO[C@H](c4cc(Cl)c(F)c(Cl)c4)C3)cc2C)C1. The Hall–Kier alpha value is -3.37. The molecule has 0 radical (unpaired) electrons. The Morgan fingerprint density at radius 3 is 2.51 bits per heavy atom. The monoisotopic (exact) mass is 577 g/mol. The summed E-state index contributed by atoms with van der Waals surface area (Å²) in [7, 11) is 0. The van der Waals surface area contributed by atoms with Gasteiger partial charge in [0, 0.05) is 12.0 Å². The third-order valence-corrected chi connectivity index (χ3v) is 7.19. The van der Waals surface area contributed by atoms with Gasteiger partial charge < -0.3 is 19.1 Å². The lowest BCUT2D eigenvalue weighted by molar-refractivity contribution is -0.153. The number of carbonyl (C=O) groups excluding carboxylic acids is 2. The second kappa shape index (κ2) is 11.4. The number of hydrogen-bond donors (Lipinski definition) is 0. The molecule has 2 atom stereocenters. The number of halogens is 3. The van der Waals surface area contributed by atoms with Gasteiger partial charge in [-0.1, -0.05) is 34.4 Å². The highest BCUT2D eigenvalue weighted by Gasteiger charge is 2.36. The Balaban J connectivity index is 1.30. The van der Waals surface area contributed by atoms with Crippen molar-refractivity contribution in [1.82, 2.24) is 4.90 Å². The van der Waals surface area contributed by atoms with Crippen molar-refractivity contribution >= 4 is 46.7 Å². The van der Waals surface area contributed by atoms with Crippen LogP contribution in [0.25, 0.3) is 0 Å². The molecule has 2 heterocycles. The summed E-state index contributed by atoms with van der Waals surface area (Å²) in [5, 5.41) is 7.92. The molecule has 3 aliphatic rings. The third-order valence-electron chi connectivity index (χ3n) is 6.64. The van der Waals surface area contributed by atoms with E-state index in [1.807, 2.05) is 13.0 Å². The molecule has 2 aromatic rings. The van der Waals surface area contributed by atoms with E-state index in [-0.39, 0.29) is 41.0 Å². The van der Waals surface area contributed by atoms with E-state index in [0.29, 0.717) is 41.3 Å². The van der Waals surface area contributed by atoms with Gasteiger partial charge in [0.05, 0.1) is 34.7 Å². The fourth-order valence-corrected chi connectivity index (χ4v) is 4.83. The van der Waals surface area contributed by atoms with Crippen molar-refractivity contribution in [1.29, 1.82) is 0 Å². The van der Waals surface area contributed by atoms with Gasteiger partial charge in [0.15, 0.2) is 18.7 Å². The van der Waals surface area contributed by atoms with Crippen molar-refractivity contribution in [3.63, 3.8) is 0 Å². The molecule has 0 N–H and O–H groups in total. The number of oxime groups is 2. The third kappa shape index (κ3) is 5.96. The summed E-state index contributed by atoms with van der Waals surface area (Å²) in [5.41, 5.74) is 3.11. The summed E-state index contributed by atoms with van der Waals surface area (Å²) >= 11 is 11.9. The topological polar surface area (TPSA) is 99.0 Å². The van der Waals surface area contributed by atoms with Crippen LogP contribution in [0.15, 0.2) is 40.6 Å². The minimum absolute atomic E-state index is 0.0920. The van der Waals surface area contributed by atoms with Crippen molar-refractivity contribution in [3.8, 4) is 0 Å². The first-order chi connectivity index (χ1) is 18.7. The number of carbonyl (C=O) groups is 2. The predicted molar refractivity (Wildman–Crippen MR) is 141 cm³/mol. The number of esters is 1. The van der Waals surface area contributed by atoms with Crippen LogP contribution in [0.3, 0.4) is 0 Å². The van der Waals surface area contributed by atoms with Gasteiger partial charge in [0.25, 0.3) is 5.91 Å². The molecule has 1 unspecified atom stereocenters. The maximum atomic E-state index is 13.8. The largest absolute Gasteiger partial charge is 0.479 e. The van der Waals surface area contributed by atoms with Crippen LogP contribution in [0, 0.1) is 18.7 Å². The number of hydrogen-bond acceptors (Lipinski definition) is 8. The molecule has 1 aliphatic carbocycles. The average Bonchev–Trinajstić information content (AvgIpc) is 3.47. The van der Waals surface area contributed by atoms with Crippen LogP contribution in [0.5, 0.6) is 0 Å². The molecule has 0 bridgehead atoms. The van der Waals surface area contributed by atoms with Crippen molar-refractivity contribution < 1.29 is 33.1 Å². The van der Waals surface area contributed by atoms with Crippen molar-refractivity contribution in [2.24, 2.45) is 16.2 Å². The summed E-state index contributed by atoms with van der Waals surface area (Å²) in [5.74, 6) is -1.13. The second-order valence-electron chi connectivity index (χ2n) is 9.49. The minimum Gasteiger partial charge on any atom is -0.479 e. The molecule has 9 nitrogen and oxygen atoms in total. The van der Waals surface area contributed by atoms with E-state index in [0.717, 1.165) is 18.4 Å². The van der Waals surface area contributed by atoms with Crippen molar-refractivity contribution in [2.45, 2.75) is 51.9 Å². The quantitative estimate of drug-likeness (QED) is 0.225. The van der Waals surface area contributed by atoms with Gasteiger partial charge in [0.2, 0.25) is 12.1 Å². The molecular formula is C27H26Cl2FN3O6. The standard InChI is InChI=1S/C27H26Cl2FN3O6/c1-3-36-23-12-24(39-32-23)33(13-37-27(35)15-4-5-15)26(34)18-7-6-16(8-14(18)2)21-11-22(38-31-21)17-9-19(28)25(30)20(29)10-17/h6-10,15,22,24H,3-5,11-13H2,1-2H3/t22-,24?/m0/s1. The summed E-state index contributed by atoms with van der Waals surface area (Å²) in [6.45, 7) is 3.78. The summed E-state index contributed by atoms with van der Waals surface area (Å²) in [4.78, 5) is 38.2. The number of rotatable bonds is 8. The number of aryl methyl sites for hydroxylation is 1. The summed E-state index contributed by atoms with van der Waals surface area (Å²) < 4.78 is 24.6. The Kier molecular flexibility index (Phi) is 7.95. The van der Waals surface area contributed by atoms with E-state index in [9.17, 15) is 14.0 Å². The Morgan fingerprint density at radius 1 is 1.10 bits per heavy atom. The second-order valence-corrected chi connectivity index (χ2v) is 10.3. The zero-order valence-corrected chi connectivity index (χ0v) is 22.8. The molecule has 1 amide bonds. The molecule has 1 saturated carbocycles. The first kappa shape index (κ1) is 27.2. The van der Waals surface area contributed by atoms with Crippen LogP contribution in [-0.2, 0) is 23.9 Å². The minimum atomic E-state index is -0.771. The fourth-order valence-electron chi connectivity index (χ4n) is 4.33. The normalized spacial score (nSPS) is 20.0. The van der Waals surface area contributed by atoms with Gasteiger partial charge in [-0.15, -0.1) is 0 Å². The fraction of sp³-hybridized carbons (Fsp3) is 0.407. The van der Waals surface area contributed by atoms with Crippen LogP contribution < -0.4 is 0 Å². The number of ether oxygens (including phenoxy) is 2. The molecular weight excluding hydrogens is 552 g/mol. The highest BCUT2D eigenvalue weighted by Crippen LogP contribution is 2.35. The lowest BCUT2D eigenvalue weighted by Crippen LogP contribution is -2.43. The van der Waals surface area contributed by atoms with Gasteiger partial charge in [-0.05, 0) is 72.8 Å². The van der Waals surface area contributed by atoms with E-state index in [2.05, 4.69) is 10.3 Å². The first-order valence-electron chi connectivity index (χ1n) is 12.6.